The average Bonchev–Trinajstić information content (AvgIpc) is 3.05. The number of benzene rings is 2. The molecule has 1 saturated heterocycles. The zero-order valence-corrected chi connectivity index (χ0v) is 16.5. The maximum Gasteiger partial charge on any atom is 0.253 e. The molecule has 0 aromatic heterocycles. The maximum atomic E-state index is 12.9. The Hall–Kier alpha value is -2.49. The number of carbonyl (C=O) groups is 1. The number of likely N-dealkylation sites (N-methyl/N-ethyl adjacent to an activating group) is 1. The Bertz CT molecular complexity index is 853. The van der Waals surface area contributed by atoms with Crippen LogP contribution in [-0.4, -0.2) is 43.6 Å². The van der Waals surface area contributed by atoms with Crippen LogP contribution in [0.25, 0.3) is 0 Å². The lowest BCUT2D eigenvalue weighted by Crippen LogP contribution is -2.41. The van der Waals surface area contributed by atoms with Gasteiger partial charge in [-0.25, -0.2) is 0 Å². The summed E-state index contributed by atoms with van der Waals surface area (Å²) < 4.78 is 6.23. The Kier molecular flexibility index (Phi) is 4.81. The number of hydrogen-bond acceptors (Lipinski definition) is 3. The molecule has 2 heterocycles. The zero-order chi connectivity index (χ0) is 19.0. The van der Waals surface area contributed by atoms with Gasteiger partial charge in [-0.2, -0.15) is 0 Å². The van der Waals surface area contributed by atoms with Crippen LogP contribution in [0.3, 0.4) is 0 Å². The molecule has 142 valence electrons. The van der Waals surface area contributed by atoms with E-state index in [1.54, 1.807) is 0 Å². The molecule has 2 aromatic carbocycles. The Labute approximate surface area is 161 Å². The summed E-state index contributed by atoms with van der Waals surface area (Å²) in [6, 6.07) is 12.5. The molecule has 4 nitrogen and oxygen atoms in total. The highest BCUT2D eigenvalue weighted by molar-refractivity contribution is 5.95. The number of fused-ring (bicyclic) bond motifs is 1. The molecule has 0 spiro atoms. The SMILES string of the molecule is Cc1ccc(C)c(OC2CCN(C(=O)c3ccc4c(c3)N(C)CC4)CC2)c1. The molecule has 1 amide bonds. The van der Waals surface area contributed by atoms with Crippen LogP contribution in [0.4, 0.5) is 5.69 Å². The monoisotopic (exact) mass is 364 g/mol. The maximum absolute atomic E-state index is 12.9. The first kappa shape index (κ1) is 17.9. The van der Waals surface area contributed by atoms with Crippen molar-refractivity contribution in [2.45, 2.75) is 39.2 Å². The second-order valence-electron chi connectivity index (χ2n) is 7.89. The van der Waals surface area contributed by atoms with Gasteiger partial charge in [-0.1, -0.05) is 18.2 Å². The minimum absolute atomic E-state index is 0.142. The fraction of sp³-hybridized carbons (Fsp3) is 0.435. The predicted octanol–water partition coefficient (Wildman–Crippen LogP) is 3.98. The molecule has 2 aliphatic rings. The van der Waals surface area contributed by atoms with Gasteiger partial charge in [-0.3, -0.25) is 4.79 Å². The molecule has 27 heavy (non-hydrogen) atoms. The van der Waals surface area contributed by atoms with Crippen molar-refractivity contribution in [1.82, 2.24) is 4.90 Å². The molecular weight excluding hydrogens is 336 g/mol. The van der Waals surface area contributed by atoms with Crippen LogP contribution in [0.5, 0.6) is 5.75 Å². The van der Waals surface area contributed by atoms with Gasteiger partial charge < -0.3 is 14.5 Å². The van der Waals surface area contributed by atoms with Gasteiger partial charge in [0, 0.05) is 50.8 Å². The lowest BCUT2D eigenvalue weighted by Gasteiger charge is -2.32. The summed E-state index contributed by atoms with van der Waals surface area (Å²) in [5.74, 6) is 1.12. The Morgan fingerprint density at radius 1 is 1.04 bits per heavy atom. The molecule has 0 aliphatic carbocycles. The first-order valence-electron chi connectivity index (χ1n) is 9.88. The van der Waals surface area contributed by atoms with Crippen LogP contribution in [0.15, 0.2) is 36.4 Å². The number of nitrogens with zero attached hydrogens (tertiary/aromatic N) is 2. The molecule has 0 atom stereocenters. The minimum atomic E-state index is 0.142. The van der Waals surface area contributed by atoms with Gasteiger partial charge in [0.25, 0.3) is 5.91 Å². The van der Waals surface area contributed by atoms with Crippen molar-refractivity contribution >= 4 is 11.6 Å². The third-order valence-electron chi connectivity index (χ3n) is 5.83. The van der Waals surface area contributed by atoms with Crippen LogP contribution >= 0.6 is 0 Å². The van der Waals surface area contributed by atoms with Crippen LogP contribution in [0, 0.1) is 13.8 Å². The zero-order valence-electron chi connectivity index (χ0n) is 16.5. The molecule has 1 fully saturated rings. The van der Waals surface area contributed by atoms with Gasteiger partial charge in [-0.05, 0) is 55.2 Å². The van der Waals surface area contributed by atoms with E-state index >= 15 is 0 Å². The predicted molar refractivity (Wildman–Crippen MR) is 109 cm³/mol. The summed E-state index contributed by atoms with van der Waals surface area (Å²) >= 11 is 0. The van der Waals surface area contributed by atoms with E-state index in [2.05, 4.69) is 56.1 Å². The second-order valence-corrected chi connectivity index (χ2v) is 7.89. The van der Waals surface area contributed by atoms with E-state index in [9.17, 15) is 4.79 Å². The molecule has 0 N–H and O–H groups in total. The summed E-state index contributed by atoms with van der Waals surface area (Å²) in [6.45, 7) is 6.70. The van der Waals surface area contributed by atoms with Gasteiger partial charge in [0.2, 0.25) is 0 Å². The fourth-order valence-corrected chi connectivity index (χ4v) is 4.05. The largest absolute Gasteiger partial charge is 0.490 e. The number of likely N-dealkylation sites (tertiary alicyclic amines) is 1. The first-order chi connectivity index (χ1) is 13.0. The van der Waals surface area contributed by atoms with E-state index in [4.69, 9.17) is 4.74 Å². The van der Waals surface area contributed by atoms with Crippen molar-refractivity contribution in [3.05, 3.63) is 58.7 Å². The van der Waals surface area contributed by atoms with Crippen molar-refractivity contribution in [2.75, 3.05) is 31.6 Å². The van der Waals surface area contributed by atoms with E-state index in [-0.39, 0.29) is 12.0 Å². The van der Waals surface area contributed by atoms with Crippen LogP contribution < -0.4 is 9.64 Å². The smallest absolute Gasteiger partial charge is 0.253 e. The van der Waals surface area contributed by atoms with Crippen molar-refractivity contribution in [3.63, 3.8) is 0 Å². The van der Waals surface area contributed by atoms with Gasteiger partial charge in [0.1, 0.15) is 11.9 Å². The van der Waals surface area contributed by atoms with Gasteiger partial charge in [0.15, 0.2) is 0 Å². The summed E-state index contributed by atoms with van der Waals surface area (Å²) in [7, 11) is 2.09. The number of carbonyl (C=O) groups excluding carboxylic acids is 1. The lowest BCUT2D eigenvalue weighted by atomic mass is 10.0. The Morgan fingerprint density at radius 2 is 1.81 bits per heavy atom. The third-order valence-corrected chi connectivity index (χ3v) is 5.83. The van der Waals surface area contributed by atoms with Gasteiger partial charge >= 0.3 is 0 Å². The highest BCUT2D eigenvalue weighted by atomic mass is 16.5. The van der Waals surface area contributed by atoms with Crippen LogP contribution in [-0.2, 0) is 6.42 Å². The number of amides is 1. The normalized spacial score (nSPS) is 17.1. The summed E-state index contributed by atoms with van der Waals surface area (Å²) in [4.78, 5) is 17.1. The Morgan fingerprint density at radius 3 is 2.59 bits per heavy atom. The molecule has 2 aliphatic heterocycles. The summed E-state index contributed by atoms with van der Waals surface area (Å²) in [5, 5.41) is 0. The molecule has 0 saturated carbocycles. The summed E-state index contributed by atoms with van der Waals surface area (Å²) in [5.41, 5.74) is 5.73. The van der Waals surface area contributed by atoms with Crippen molar-refractivity contribution in [2.24, 2.45) is 0 Å². The number of ether oxygens (including phenoxy) is 1. The molecule has 4 rings (SSSR count). The van der Waals surface area contributed by atoms with Gasteiger partial charge in [-0.15, -0.1) is 0 Å². The molecule has 2 aromatic rings. The number of hydrogen-bond donors (Lipinski definition) is 0. The topological polar surface area (TPSA) is 32.8 Å². The van der Waals surface area contributed by atoms with E-state index < -0.39 is 0 Å². The van der Waals surface area contributed by atoms with Crippen molar-refractivity contribution in [3.8, 4) is 5.75 Å². The number of rotatable bonds is 3. The lowest BCUT2D eigenvalue weighted by molar-refractivity contribution is 0.0594. The second kappa shape index (κ2) is 7.26. The standard InChI is InChI=1S/C23H28N2O2/c1-16-4-5-17(2)22(14-16)27-20-9-12-25(13-10-20)23(26)19-7-6-18-8-11-24(3)21(18)15-19/h4-7,14-15,20H,8-13H2,1-3H3. The average molecular weight is 364 g/mol. The van der Waals surface area contributed by atoms with Crippen molar-refractivity contribution < 1.29 is 9.53 Å². The quantitative estimate of drug-likeness (QED) is 0.826. The van der Waals surface area contributed by atoms with E-state index in [1.165, 1.54) is 22.4 Å². The fourth-order valence-electron chi connectivity index (χ4n) is 4.05. The van der Waals surface area contributed by atoms with Crippen LogP contribution in [0.1, 0.15) is 39.9 Å². The molecular formula is C23H28N2O2. The molecule has 0 radical (unpaired) electrons. The first-order valence-corrected chi connectivity index (χ1v) is 9.88. The van der Waals surface area contributed by atoms with Crippen molar-refractivity contribution in [1.29, 1.82) is 0 Å². The minimum Gasteiger partial charge on any atom is -0.490 e. The third kappa shape index (κ3) is 3.66. The highest BCUT2D eigenvalue weighted by Gasteiger charge is 2.26. The molecule has 0 unspecified atom stereocenters. The van der Waals surface area contributed by atoms with E-state index in [0.717, 1.165) is 50.2 Å². The number of aryl methyl sites for hydroxylation is 2. The number of anilines is 1. The molecule has 0 bridgehead atoms. The number of piperidine rings is 1. The highest BCUT2D eigenvalue weighted by Crippen LogP contribution is 2.29. The summed E-state index contributed by atoms with van der Waals surface area (Å²) in [6.07, 6.45) is 3.01. The van der Waals surface area contributed by atoms with Crippen LogP contribution in [0.2, 0.25) is 0 Å². The Balaban J connectivity index is 1.38. The molecule has 4 heteroatoms. The van der Waals surface area contributed by atoms with Gasteiger partial charge in [0.05, 0.1) is 0 Å². The van der Waals surface area contributed by atoms with E-state index in [0.29, 0.717) is 0 Å². The van der Waals surface area contributed by atoms with E-state index in [1.807, 2.05) is 11.0 Å².